The van der Waals surface area contributed by atoms with Gasteiger partial charge in [0.25, 0.3) is 0 Å². The summed E-state index contributed by atoms with van der Waals surface area (Å²) >= 11 is 0. The van der Waals surface area contributed by atoms with Crippen molar-refractivity contribution >= 4 is 11.9 Å². The van der Waals surface area contributed by atoms with Crippen LogP contribution in [0.15, 0.2) is 12.2 Å². The number of hydrogen-bond donors (Lipinski definition) is 0. The van der Waals surface area contributed by atoms with Crippen LogP contribution >= 0.6 is 0 Å². The third-order valence-electron chi connectivity index (χ3n) is 6.49. The molecule has 0 unspecified atom stereocenters. The number of fused-ring (bicyclic) bond motifs is 2. The van der Waals surface area contributed by atoms with E-state index in [0.717, 1.165) is 32.1 Å². The molecule has 0 saturated heterocycles. The zero-order valence-corrected chi connectivity index (χ0v) is 18.7. The van der Waals surface area contributed by atoms with Gasteiger partial charge in [0.05, 0.1) is 25.0 Å². The molecule has 2 aliphatic carbocycles. The van der Waals surface area contributed by atoms with E-state index in [0.29, 0.717) is 13.2 Å². The Balaban J connectivity index is 1.69. The zero-order valence-electron chi connectivity index (χ0n) is 18.7. The summed E-state index contributed by atoms with van der Waals surface area (Å²) in [5, 5.41) is 0. The molecule has 2 aliphatic rings. The molecule has 0 aromatic carbocycles. The van der Waals surface area contributed by atoms with E-state index in [-0.39, 0.29) is 35.6 Å². The summed E-state index contributed by atoms with van der Waals surface area (Å²) < 4.78 is 11.1. The molecular formula is C25H42O4. The Morgan fingerprint density at radius 2 is 1.03 bits per heavy atom. The predicted molar refractivity (Wildman–Crippen MR) is 116 cm³/mol. The quantitative estimate of drug-likeness (QED) is 0.173. The van der Waals surface area contributed by atoms with Gasteiger partial charge in [-0.1, -0.05) is 90.2 Å². The highest BCUT2D eigenvalue weighted by atomic mass is 16.5. The van der Waals surface area contributed by atoms with Gasteiger partial charge >= 0.3 is 11.9 Å². The fourth-order valence-corrected chi connectivity index (χ4v) is 4.77. The minimum absolute atomic E-state index is 0.142. The number of hydrogen-bond acceptors (Lipinski definition) is 4. The Hall–Kier alpha value is -1.32. The second kappa shape index (κ2) is 13.8. The third-order valence-corrected chi connectivity index (χ3v) is 6.49. The average molecular weight is 407 g/mol. The lowest BCUT2D eigenvalue weighted by atomic mass is 9.83. The van der Waals surface area contributed by atoms with Crippen molar-refractivity contribution in [1.82, 2.24) is 0 Å². The predicted octanol–water partition coefficient (Wildman–Crippen LogP) is 6.23. The van der Waals surface area contributed by atoms with Crippen molar-refractivity contribution in [3.05, 3.63) is 12.2 Å². The van der Waals surface area contributed by atoms with Crippen LogP contribution in [0.2, 0.25) is 0 Å². The first-order chi connectivity index (χ1) is 14.2. The molecule has 1 fully saturated rings. The first-order valence-corrected chi connectivity index (χ1v) is 12.2. The van der Waals surface area contributed by atoms with Gasteiger partial charge in [0.15, 0.2) is 0 Å². The molecule has 0 heterocycles. The maximum absolute atomic E-state index is 12.7. The minimum Gasteiger partial charge on any atom is -0.465 e. The molecule has 4 nitrogen and oxygen atoms in total. The molecule has 4 atom stereocenters. The molecule has 0 aromatic heterocycles. The largest absolute Gasteiger partial charge is 0.465 e. The first kappa shape index (κ1) is 24.0. The standard InChI is InChI=1S/C25H42O4/c1-3-5-7-9-11-13-17-28-24(26)22-20-15-16-21(19-20)23(22)25(27)29-18-14-12-10-8-6-4-2/h15-16,20-23H,3-14,17-19H2,1-2H3/t20-,21+,22-,23+. The minimum atomic E-state index is -0.345. The molecule has 0 N–H and O–H groups in total. The Morgan fingerprint density at radius 1 is 0.655 bits per heavy atom. The maximum Gasteiger partial charge on any atom is 0.310 e. The van der Waals surface area contributed by atoms with Crippen LogP contribution in [0.3, 0.4) is 0 Å². The van der Waals surface area contributed by atoms with Crippen molar-refractivity contribution in [1.29, 1.82) is 0 Å². The van der Waals surface area contributed by atoms with E-state index in [4.69, 9.17) is 9.47 Å². The fraction of sp³-hybridized carbons (Fsp3) is 0.840. The van der Waals surface area contributed by atoms with Crippen molar-refractivity contribution in [2.24, 2.45) is 23.7 Å². The van der Waals surface area contributed by atoms with Gasteiger partial charge in [-0.25, -0.2) is 0 Å². The van der Waals surface area contributed by atoms with Gasteiger partial charge in [-0.15, -0.1) is 0 Å². The highest BCUT2D eigenvalue weighted by Crippen LogP contribution is 2.49. The molecule has 0 spiro atoms. The molecule has 1 saturated carbocycles. The van der Waals surface area contributed by atoms with E-state index < -0.39 is 0 Å². The van der Waals surface area contributed by atoms with Crippen LogP contribution in [-0.2, 0) is 19.1 Å². The number of esters is 2. The summed E-state index contributed by atoms with van der Waals surface area (Å²) in [5.74, 6) is -0.801. The molecule has 0 aromatic rings. The number of carbonyl (C=O) groups excluding carboxylic acids is 2. The van der Waals surface area contributed by atoms with E-state index in [2.05, 4.69) is 26.0 Å². The third kappa shape index (κ3) is 7.79. The Bertz CT molecular complexity index is 469. The summed E-state index contributed by atoms with van der Waals surface area (Å²) in [5.41, 5.74) is 0. The molecule has 29 heavy (non-hydrogen) atoms. The highest BCUT2D eigenvalue weighted by molar-refractivity contribution is 5.84. The zero-order chi connectivity index (χ0) is 20.9. The van der Waals surface area contributed by atoms with E-state index in [1.54, 1.807) is 0 Å². The van der Waals surface area contributed by atoms with Gasteiger partial charge in [0.1, 0.15) is 0 Å². The lowest BCUT2D eigenvalue weighted by molar-refractivity contribution is -0.161. The second-order valence-corrected chi connectivity index (χ2v) is 8.87. The van der Waals surface area contributed by atoms with E-state index in [9.17, 15) is 9.59 Å². The number of ether oxygens (including phenoxy) is 2. The van der Waals surface area contributed by atoms with Crippen LogP contribution in [0.5, 0.6) is 0 Å². The second-order valence-electron chi connectivity index (χ2n) is 8.87. The van der Waals surface area contributed by atoms with E-state index in [1.807, 2.05) is 0 Å². The van der Waals surface area contributed by atoms with Crippen molar-refractivity contribution in [2.75, 3.05) is 13.2 Å². The summed E-state index contributed by atoms with van der Waals surface area (Å²) in [6.45, 7) is 5.37. The molecule has 4 heteroatoms. The molecular weight excluding hydrogens is 364 g/mol. The first-order valence-electron chi connectivity index (χ1n) is 12.2. The molecule has 2 rings (SSSR count). The molecule has 2 bridgehead atoms. The Kier molecular flexibility index (Phi) is 11.4. The van der Waals surface area contributed by atoms with Crippen LogP contribution in [0.25, 0.3) is 0 Å². The molecule has 166 valence electrons. The fourth-order valence-electron chi connectivity index (χ4n) is 4.77. The highest BCUT2D eigenvalue weighted by Gasteiger charge is 2.53. The number of unbranched alkanes of at least 4 members (excludes halogenated alkanes) is 10. The number of carbonyl (C=O) groups is 2. The lowest BCUT2D eigenvalue weighted by Gasteiger charge is -2.25. The monoisotopic (exact) mass is 406 g/mol. The van der Waals surface area contributed by atoms with E-state index in [1.165, 1.54) is 51.4 Å². The average Bonchev–Trinajstić information content (AvgIpc) is 3.34. The van der Waals surface area contributed by atoms with Crippen LogP contribution in [0, 0.1) is 23.7 Å². The molecule has 0 radical (unpaired) electrons. The maximum atomic E-state index is 12.7. The lowest BCUT2D eigenvalue weighted by Crippen LogP contribution is -2.35. The van der Waals surface area contributed by atoms with Crippen LogP contribution in [0.4, 0.5) is 0 Å². The van der Waals surface area contributed by atoms with Gasteiger partial charge in [0.2, 0.25) is 0 Å². The Labute approximate surface area is 177 Å². The SMILES string of the molecule is CCCCCCCCOC(=O)[C@@H]1[C@H](C(=O)OCCCCCCCC)[C@@H]2C=C[C@H]1C2. The van der Waals surface area contributed by atoms with Gasteiger partial charge in [-0.3, -0.25) is 9.59 Å². The van der Waals surface area contributed by atoms with Crippen molar-refractivity contribution in [3.8, 4) is 0 Å². The molecule has 0 aliphatic heterocycles. The smallest absolute Gasteiger partial charge is 0.310 e. The van der Waals surface area contributed by atoms with Crippen molar-refractivity contribution in [2.45, 2.75) is 97.3 Å². The van der Waals surface area contributed by atoms with Crippen molar-refractivity contribution in [3.63, 3.8) is 0 Å². The van der Waals surface area contributed by atoms with Gasteiger partial charge < -0.3 is 9.47 Å². The van der Waals surface area contributed by atoms with Crippen molar-refractivity contribution < 1.29 is 19.1 Å². The van der Waals surface area contributed by atoms with Gasteiger partial charge in [0, 0.05) is 0 Å². The topological polar surface area (TPSA) is 52.6 Å². The Morgan fingerprint density at radius 3 is 1.45 bits per heavy atom. The number of allylic oxidation sites excluding steroid dienone is 2. The number of rotatable bonds is 16. The van der Waals surface area contributed by atoms with Gasteiger partial charge in [-0.2, -0.15) is 0 Å². The summed E-state index contributed by atoms with van der Waals surface area (Å²) in [4.78, 5) is 25.4. The molecule has 0 amide bonds. The summed E-state index contributed by atoms with van der Waals surface area (Å²) in [6, 6.07) is 0. The van der Waals surface area contributed by atoms with Crippen LogP contribution in [-0.4, -0.2) is 25.2 Å². The van der Waals surface area contributed by atoms with Crippen LogP contribution < -0.4 is 0 Å². The van der Waals surface area contributed by atoms with Gasteiger partial charge in [-0.05, 0) is 31.1 Å². The van der Waals surface area contributed by atoms with E-state index >= 15 is 0 Å². The summed E-state index contributed by atoms with van der Waals surface area (Å²) in [6.07, 6.45) is 19.1. The van der Waals surface area contributed by atoms with Crippen LogP contribution in [0.1, 0.15) is 97.3 Å². The normalized spacial score (nSPS) is 24.8. The summed E-state index contributed by atoms with van der Waals surface area (Å²) in [7, 11) is 0.